The van der Waals surface area contributed by atoms with Crippen molar-refractivity contribution in [3.63, 3.8) is 0 Å². The number of carboxylic acids is 1. The number of carbonyl (C=O) groups is 1. The number of nitrogens with zero attached hydrogens (tertiary/aromatic N) is 1. The summed E-state index contributed by atoms with van der Waals surface area (Å²) in [5, 5.41) is 17.9. The molecule has 0 aromatic heterocycles. The highest BCUT2D eigenvalue weighted by Gasteiger charge is 2.12. The first-order chi connectivity index (χ1) is 10.0. The number of halogens is 2. The zero-order valence-corrected chi connectivity index (χ0v) is 12.2. The summed E-state index contributed by atoms with van der Waals surface area (Å²) < 4.78 is 19.4. The van der Waals surface area contributed by atoms with E-state index in [0.717, 1.165) is 0 Å². The van der Waals surface area contributed by atoms with Crippen LogP contribution in [0.2, 0.25) is 0 Å². The van der Waals surface area contributed by atoms with Crippen molar-refractivity contribution in [2.24, 2.45) is 0 Å². The van der Waals surface area contributed by atoms with Gasteiger partial charge in [-0.05, 0) is 35.9 Å². The van der Waals surface area contributed by atoms with Crippen LogP contribution in [-0.2, 0) is 6.61 Å². The zero-order chi connectivity index (χ0) is 15.4. The zero-order valence-electron chi connectivity index (χ0n) is 10.6. The van der Waals surface area contributed by atoms with Gasteiger partial charge in [0.2, 0.25) is 0 Å². The van der Waals surface area contributed by atoms with Crippen LogP contribution >= 0.6 is 15.9 Å². The van der Waals surface area contributed by atoms with Crippen molar-refractivity contribution in [1.82, 2.24) is 0 Å². The molecule has 0 saturated carbocycles. The van der Waals surface area contributed by atoms with Gasteiger partial charge in [-0.15, -0.1) is 0 Å². The first-order valence-electron chi connectivity index (χ1n) is 5.85. The molecule has 2 rings (SSSR count). The predicted octanol–water partition coefficient (Wildman–Crippen LogP) is 3.74. The number of rotatable bonds is 4. The monoisotopic (exact) mass is 349 g/mol. The molecule has 1 N–H and O–H groups in total. The van der Waals surface area contributed by atoms with Gasteiger partial charge in [0.1, 0.15) is 29.8 Å². The minimum atomic E-state index is -1.10. The molecule has 0 radical (unpaired) electrons. The predicted molar refractivity (Wildman–Crippen MR) is 76.5 cm³/mol. The Morgan fingerprint density at radius 1 is 1.33 bits per heavy atom. The van der Waals surface area contributed by atoms with Crippen molar-refractivity contribution in [2.45, 2.75) is 6.61 Å². The Morgan fingerprint density at radius 3 is 2.76 bits per heavy atom. The molecule has 2 aromatic carbocycles. The number of hydrogen-bond acceptors (Lipinski definition) is 3. The maximum atomic E-state index is 13.2. The van der Waals surface area contributed by atoms with Gasteiger partial charge in [-0.3, -0.25) is 0 Å². The van der Waals surface area contributed by atoms with Gasteiger partial charge >= 0.3 is 5.97 Å². The van der Waals surface area contributed by atoms with Crippen LogP contribution in [0.1, 0.15) is 21.5 Å². The maximum absolute atomic E-state index is 13.2. The van der Waals surface area contributed by atoms with E-state index < -0.39 is 11.8 Å². The lowest BCUT2D eigenvalue weighted by atomic mass is 10.1. The minimum Gasteiger partial charge on any atom is -0.488 e. The van der Waals surface area contributed by atoms with Crippen LogP contribution in [0.3, 0.4) is 0 Å². The molecule has 0 amide bonds. The summed E-state index contributed by atoms with van der Waals surface area (Å²) in [6, 6.07) is 10.3. The van der Waals surface area contributed by atoms with Crippen LogP contribution < -0.4 is 4.74 Å². The molecule has 0 aliphatic carbocycles. The summed E-state index contributed by atoms with van der Waals surface area (Å²) in [7, 11) is 0. The Morgan fingerprint density at radius 2 is 2.10 bits per heavy atom. The Labute approximate surface area is 128 Å². The highest BCUT2D eigenvalue weighted by Crippen LogP contribution is 2.25. The van der Waals surface area contributed by atoms with E-state index in [1.54, 1.807) is 12.1 Å². The molecule has 0 atom stereocenters. The van der Waals surface area contributed by atoms with Gasteiger partial charge in [0.15, 0.2) is 0 Å². The van der Waals surface area contributed by atoms with Gasteiger partial charge in [0.25, 0.3) is 0 Å². The second-order valence-electron chi connectivity index (χ2n) is 4.16. The Hall–Kier alpha value is -2.39. The molecule has 0 fully saturated rings. The average molecular weight is 350 g/mol. The second kappa shape index (κ2) is 6.37. The van der Waals surface area contributed by atoms with E-state index in [9.17, 15) is 9.18 Å². The number of ether oxygens (including phenoxy) is 1. The van der Waals surface area contributed by atoms with Crippen LogP contribution in [0.25, 0.3) is 0 Å². The molecule has 6 heteroatoms. The molecule has 0 unspecified atom stereocenters. The van der Waals surface area contributed by atoms with E-state index >= 15 is 0 Å². The Balaban J connectivity index is 2.22. The third kappa shape index (κ3) is 3.58. The van der Waals surface area contributed by atoms with E-state index in [1.807, 2.05) is 0 Å². The fourth-order valence-electron chi connectivity index (χ4n) is 1.70. The maximum Gasteiger partial charge on any atom is 0.339 e. The molecule has 0 saturated heterocycles. The minimum absolute atomic E-state index is 0.0285. The van der Waals surface area contributed by atoms with E-state index in [0.29, 0.717) is 10.0 Å². The first-order valence-corrected chi connectivity index (χ1v) is 6.64. The van der Waals surface area contributed by atoms with Gasteiger partial charge in [0, 0.05) is 4.47 Å². The van der Waals surface area contributed by atoms with Gasteiger partial charge in [0.05, 0.1) is 5.56 Å². The highest BCUT2D eigenvalue weighted by molar-refractivity contribution is 9.10. The number of carboxylic acid groups (broad SMARTS) is 1. The van der Waals surface area contributed by atoms with Crippen molar-refractivity contribution in [3.8, 4) is 11.8 Å². The standard InChI is InChI=1S/C15H9BrFNO3/c16-11-2-3-12(15(19)20)14(6-11)21-8-9-1-4-13(17)10(5-9)7-18/h1-6H,8H2,(H,19,20). The summed E-state index contributed by atoms with van der Waals surface area (Å²) in [4.78, 5) is 11.1. The second-order valence-corrected chi connectivity index (χ2v) is 5.08. The molecule has 2 aromatic rings. The van der Waals surface area contributed by atoms with Crippen molar-refractivity contribution < 1.29 is 19.0 Å². The highest BCUT2D eigenvalue weighted by atomic mass is 79.9. The first kappa shape index (κ1) is 15.0. The normalized spacial score (nSPS) is 9.95. The van der Waals surface area contributed by atoms with Gasteiger partial charge in [-0.25, -0.2) is 9.18 Å². The summed E-state index contributed by atoms with van der Waals surface area (Å²) in [5.74, 6) is -1.51. The molecule has 0 aliphatic rings. The summed E-state index contributed by atoms with van der Waals surface area (Å²) in [5.41, 5.74) is 0.522. The number of nitriles is 1. The third-order valence-electron chi connectivity index (χ3n) is 2.72. The van der Waals surface area contributed by atoms with Gasteiger partial charge in [-0.2, -0.15) is 5.26 Å². The lowest BCUT2D eigenvalue weighted by Crippen LogP contribution is -2.04. The smallest absolute Gasteiger partial charge is 0.339 e. The van der Waals surface area contributed by atoms with Crippen LogP contribution in [-0.4, -0.2) is 11.1 Å². The lowest BCUT2D eigenvalue weighted by molar-refractivity contribution is 0.0691. The molecule has 106 valence electrons. The summed E-state index contributed by atoms with van der Waals surface area (Å²) in [6.45, 7) is 0.0334. The van der Waals surface area contributed by atoms with Crippen molar-refractivity contribution in [1.29, 1.82) is 5.26 Å². The van der Waals surface area contributed by atoms with E-state index in [-0.39, 0.29) is 23.5 Å². The van der Waals surface area contributed by atoms with E-state index in [2.05, 4.69) is 15.9 Å². The Bertz CT molecular complexity index is 740. The molecule has 4 nitrogen and oxygen atoms in total. The Kier molecular flexibility index (Phi) is 4.55. The fourth-order valence-corrected chi connectivity index (χ4v) is 2.04. The largest absolute Gasteiger partial charge is 0.488 e. The molecule has 0 heterocycles. The van der Waals surface area contributed by atoms with Crippen LogP contribution in [0.5, 0.6) is 5.75 Å². The van der Waals surface area contributed by atoms with Crippen molar-refractivity contribution >= 4 is 21.9 Å². The fraction of sp³-hybridized carbons (Fsp3) is 0.0667. The van der Waals surface area contributed by atoms with Crippen molar-refractivity contribution in [2.75, 3.05) is 0 Å². The molecule has 0 spiro atoms. The molecular formula is C15H9BrFNO3. The van der Waals surface area contributed by atoms with Gasteiger partial charge in [-0.1, -0.05) is 22.0 Å². The summed E-state index contributed by atoms with van der Waals surface area (Å²) in [6.07, 6.45) is 0. The number of hydrogen-bond donors (Lipinski definition) is 1. The van der Waals surface area contributed by atoms with Crippen molar-refractivity contribution in [3.05, 3.63) is 63.4 Å². The van der Waals surface area contributed by atoms with Gasteiger partial charge < -0.3 is 9.84 Å². The molecule has 0 bridgehead atoms. The lowest BCUT2D eigenvalue weighted by Gasteiger charge is -2.10. The average Bonchev–Trinajstić information content (AvgIpc) is 2.46. The summed E-state index contributed by atoms with van der Waals surface area (Å²) >= 11 is 3.24. The van der Waals surface area contributed by atoms with Crippen LogP contribution in [0.15, 0.2) is 40.9 Å². The van der Waals surface area contributed by atoms with Crippen LogP contribution in [0, 0.1) is 17.1 Å². The SMILES string of the molecule is N#Cc1cc(COc2cc(Br)ccc2C(=O)O)ccc1F. The topological polar surface area (TPSA) is 70.3 Å². The van der Waals surface area contributed by atoms with E-state index in [4.69, 9.17) is 15.1 Å². The molecule has 21 heavy (non-hydrogen) atoms. The number of aromatic carboxylic acids is 1. The van der Waals surface area contributed by atoms with E-state index in [1.165, 1.54) is 30.3 Å². The number of benzene rings is 2. The quantitative estimate of drug-likeness (QED) is 0.912. The van der Waals surface area contributed by atoms with Crippen LogP contribution in [0.4, 0.5) is 4.39 Å². The molecular weight excluding hydrogens is 341 g/mol. The molecule has 0 aliphatic heterocycles. The third-order valence-corrected chi connectivity index (χ3v) is 3.21.